The lowest BCUT2D eigenvalue weighted by atomic mass is 9.97. The summed E-state index contributed by atoms with van der Waals surface area (Å²) < 4.78 is 25.8. The van der Waals surface area contributed by atoms with Crippen molar-refractivity contribution in [2.75, 3.05) is 19.7 Å². The maximum absolute atomic E-state index is 13.0. The number of rotatable bonds is 3. The van der Waals surface area contributed by atoms with Gasteiger partial charge >= 0.3 is 0 Å². The average Bonchev–Trinajstić information content (AvgIpc) is 2.35. The minimum Gasteiger partial charge on any atom is -0.396 e. The van der Waals surface area contributed by atoms with E-state index in [0.717, 1.165) is 31.5 Å². The van der Waals surface area contributed by atoms with Gasteiger partial charge in [0, 0.05) is 13.2 Å². The summed E-state index contributed by atoms with van der Waals surface area (Å²) in [5, 5.41) is 9.02. The van der Waals surface area contributed by atoms with Crippen molar-refractivity contribution >= 4 is 0 Å². The number of piperidine rings is 1. The topological polar surface area (TPSA) is 23.5 Å². The van der Waals surface area contributed by atoms with Gasteiger partial charge in [-0.05, 0) is 49.5 Å². The summed E-state index contributed by atoms with van der Waals surface area (Å²) in [4.78, 5) is 2.21. The largest absolute Gasteiger partial charge is 0.396 e. The number of halogens is 2. The van der Waals surface area contributed by atoms with Crippen molar-refractivity contribution in [1.29, 1.82) is 0 Å². The number of hydrogen-bond acceptors (Lipinski definition) is 2. The first-order valence-electron chi connectivity index (χ1n) is 5.96. The molecule has 0 radical (unpaired) electrons. The zero-order chi connectivity index (χ0) is 12.3. The molecule has 0 bridgehead atoms. The van der Waals surface area contributed by atoms with Crippen LogP contribution in [0.25, 0.3) is 0 Å². The molecule has 0 aliphatic carbocycles. The molecular formula is C13H17F2NO. The number of aliphatic hydroxyl groups is 1. The van der Waals surface area contributed by atoms with E-state index in [1.54, 1.807) is 6.07 Å². The Kier molecular flexibility index (Phi) is 4.07. The Morgan fingerprint density at radius 2 is 1.88 bits per heavy atom. The van der Waals surface area contributed by atoms with Crippen LogP contribution < -0.4 is 0 Å². The van der Waals surface area contributed by atoms with E-state index in [4.69, 9.17) is 5.11 Å². The molecule has 1 saturated heterocycles. The second-order valence-electron chi connectivity index (χ2n) is 4.65. The Balaban J connectivity index is 1.91. The molecule has 4 heteroatoms. The standard InChI is InChI=1S/C13H17F2NO/c14-12-2-1-11(7-13(12)15)8-16-5-3-10(9-17)4-6-16/h1-2,7,10,17H,3-6,8-9H2. The quantitative estimate of drug-likeness (QED) is 0.876. The summed E-state index contributed by atoms with van der Waals surface area (Å²) in [6.45, 7) is 2.71. The van der Waals surface area contributed by atoms with Crippen molar-refractivity contribution in [3.8, 4) is 0 Å². The predicted octanol–water partition coefficient (Wildman–Crippen LogP) is 2.17. The van der Waals surface area contributed by atoms with Crippen molar-refractivity contribution in [3.63, 3.8) is 0 Å². The number of nitrogens with zero attached hydrogens (tertiary/aromatic N) is 1. The summed E-state index contributed by atoms with van der Waals surface area (Å²) in [6.07, 6.45) is 1.94. The molecule has 0 spiro atoms. The van der Waals surface area contributed by atoms with Crippen molar-refractivity contribution in [3.05, 3.63) is 35.4 Å². The Hall–Kier alpha value is -1.00. The minimum absolute atomic E-state index is 0.249. The van der Waals surface area contributed by atoms with Crippen LogP contribution in [0.1, 0.15) is 18.4 Å². The smallest absolute Gasteiger partial charge is 0.159 e. The van der Waals surface area contributed by atoms with E-state index in [9.17, 15) is 8.78 Å². The van der Waals surface area contributed by atoms with Gasteiger partial charge in [0.2, 0.25) is 0 Å². The van der Waals surface area contributed by atoms with E-state index >= 15 is 0 Å². The number of hydrogen-bond donors (Lipinski definition) is 1. The third-order valence-corrected chi connectivity index (χ3v) is 3.36. The van der Waals surface area contributed by atoms with Crippen LogP contribution in [0.2, 0.25) is 0 Å². The van der Waals surface area contributed by atoms with Crippen LogP contribution in [0, 0.1) is 17.6 Å². The van der Waals surface area contributed by atoms with Gasteiger partial charge in [-0.3, -0.25) is 4.90 Å². The van der Waals surface area contributed by atoms with Crippen LogP contribution >= 0.6 is 0 Å². The Bertz CT molecular complexity index is 376. The Morgan fingerprint density at radius 3 is 2.47 bits per heavy atom. The maximum Gasteiger partial charge on any atom is 0.159 e. The fourth-order valence-corrected chi connectivity index (χ4v) is 2.22. The molecule has 0 atom stereocenters. The van der Waals surface area contributed by atoms with Gasteiger partial charge in [-0.1, -0.05) is 6.07 Å². The molecule has 1 aromatic rings. The zero-order valence-electron chi connectivity index (χ0n) is 9.70. The van der Waals surface area contributed by atoms with Gasteiger partial charge in [0.05, 0.1) is 0 Å². The van der Waals surface area contributed by atoms with Crippen LogP contribution in [0.3, 0.4) is 0 Å². The van der Waals surface area contributed by atoms with Crippen LogP contribution in [0.15, 0.2) is 18.2 Å². The molecular weight excluding hydrogens is 224 g/mol. The van der Waals surface area contributed by atoms with Gasteiger partial charge in [0.25, 0.3) is 0 Å². The van der Waals surface area contributed by atoms with E-state index in [2.05, 4.69) is 4.90 Å². The predicted molar refractivity (Wildman–Crippen MR) is 61.4 cm³/mol. The molecule has 1 fully saturated rings. The van der Waals surface area contributed by atoms with E-state index in [-0.39, 0.29) is 6.61 Å². The van der Waals surface area contributed by atoms with Gasteiger partial charge in [0.1, 0.15) is 0 Å². The Morgan fingerprint density at radius 1 is 1.18 bits per heavy atom. The number of aliphatic hydroxyl groups excluding tert-OH is 1. The summed E-state index contributed by atoms with van der Waals surface area (Å²) in [5.74, 6) is -1.18. The molecule has 2 rings (SSSR count). The van der Waals surface area contributed by atoms with Crippen molar-refractivity contribution in [2.24, 2.45) is 5.92 Å². The van der Waals surface area contributed by atoms with Gasteiger partial charge in [0.15, 0.2) is 11.6 Å². The molecule has 1 heterocycles. The van der Waals surface area contributed by atoms with Crippen LogP contribution in [-0.4, -0.2) is 29.7 Å². The molecule has 1 aromatic carbocycles. The second-order valence-corrected chi connectivity index (χ2v) is 4.65. The van der Waals surface area contributed by atoms with Crippen molar-refractivity contribution < 1.29 is 13.9 Å². The molecule has 1 aliphatic heterocycles. The SMILES string of the molecule is OCC1CCN(Cc2ccc(F)c(F)c2)CC1. The van der Waals surface area contributed by atoms with Gasteiger partial charge < -0.3 is 5.11 Å². The van der Waals surface area contributed by atoms with E-state index in [0.29, 0.717) is 12.5 Å². The lowest BCUT2D eigenvalue weighted by Crippen LogP contribution is -2.34. The molecule has 0 saturated carbocycles. The van der Waals surface area contributed by atoms with Gasteiger partial charge in [-0.2, -0.15) is 0 Å². The zero-order valence-corrected chi connectivity index (χ0v) is 9.70. The summed E-state index contributed by atoms with van der Waals surface area (Å²) >= 11 is 0. The van der Waals surface area contributed by atoms with Crippen LogP contribution in [0.4, 0.5) is 8.78 Å². The summed E-state index contributed by atoms with van der Waals surface area (Å²) in [7, 11) is 0. The van der Waals surface area contributed by atoms with Crippen molar-refractivity contribution in [2.45, 2.75) is 19.4 Å². The molecule has 0 amide bonds. The molecule has 17 heavy (non-hydrogen) atoms. The highest BCUT2D eigenvalue weighted by Crippen LogP contribution is 2.19. The maximum atomic E-state index is 13.0. The average molecular weight is 241 g/mol. The highest BCUT2D eigenvalue weighted by atomic mass is 19.2. The first-order valence-corrected chi connectivity index (χ1v) is 5.96. The monoisotopic (exact) mass is 241 g/mol. The Labute approximate surface area is 99.9 Å². The number of likely N-dealkylation sites (tertiary alicyclic amines) is 1. The van der Waals surface area contributed by atoms with Crippen LogP contribution in [-0.2, 0) is 6.54 Å². The molecule has 0 unspecified atom stereocenters. The highest BCUT2D eigenvalue weighted by molar-refractivity contribution is 5.17. The molecule has 1 N–H and O–H groups in total. The lowest BCUT2D eigenvalue weighted by molar-refractivity contribution is 0.127. The molecule has 0 aromatic heterocycles. The fraction of sp³-hybridized carbons (Fsp3) is 0.538. The normalized spacial score (nSPS) is 18.5. The fourth-order valence-electron chi connectivity index (χ4n) is 2.22. The first kappa shape index (κ1) is 12.5. The third-order valence-electron chi connectivity index (χ3n) is 3.36. The second kappa shape index (κ2) is 5.56. The first-order chi connectivity index (χ1) is 8.19. The third kappa shape index (κ3) is 3.23. The number of benzene rings is 1. The highest BCUT2D eigenvalue weighted by Gasteiger charge is 2.18. The van der Waals surface area contributed by atoms with Gasteiger partial charge in [-0.15, -0.1) is 0 Å². The lowest BCUT2D eigenvalue weighted by Gasteiger charge is -2.31. The van der Waals surface area contributed by atoms with E-state index in [1.165, 1.54) is 12.1 Å². The minimum atomic E-state index is -0.798. The van der Waals surface area contributed by atoms with Gasteiger partial charge in [-0.25, -0.2) is 8.78 Å². The summed E-state index contributed by atoms with van der Waals surface area (Å²) in [5.41, 5.74) is 0.798. The summed E-state index contributed by atoms with van der Waals surface area (Å²) in [6, 6.07) is 4.05. The van der Waals surface area contributed by atoms with E-state index in [1.807, 2.05) is 0 Å². The molecule has 1 aliphatic rings. The van der Waals surface area contributed by atoms with Crippen LogP contribution in [0.5, 0.6) is 0 Å². The van der Waals surface area contributed by atoms with E-state index < -0.39 is 11.6 Å². The molecule has 2 nitrogen and oxygen atoms in total. The van der Waals surface area contributed by atoms with Crippen molar-refractivity contribution in [1.82, 2.24) is 4.90 Å². The molecule has 94 valence electrons.